The van der Waals surface area contributed by atoms with Crippen LogP contribution >= 0.6 is 11.3 Å². The van der Waals surface area contributed by atoms with Gasteiger partial charge in [0.25, 0.3) is 0 Å². The first kappa shape index (κ1) is 13.1. The molecule has 0 aliphatic heterocycles. The van der Waals surface area contributed by atoms with E-state index in [1.807, 2.05) is 23.5 Å². The van der Waals surface area contributed by atoms with E-state index in [0.717, 1.165) is 18.6 Å². The van der Waals surface area contributed by atoms with Crippen LogP contribution in [-0.4, -0.2) is 6.54 Å². The van der Waals surface area contributed by atoms with Crippen molar-refractivity contribution >= 4 is 11.3 Å². The third-order valence-corrected chi connectivity index (χ3v) is 4.01. The van der Waals surface area contributed by atoms with E-state index in [1.54, 1.807) is 0 Å². The van der Waals surface area contributed by atoms with E-state index in [9.17, 15) is 0 Å². The largest absolute Gasteiger partial charge is 0.488 e. The molecule has 0 aliphatic rings. The standard InChI is InChI=1S/C15H19NOS/c1-2-14-7-8-15(18-14)11-17-13-5-3-12(4-6-13)9-10-16/h3-8H,2,9-11,16H2,1H3. The van der Waals surface area contributed by atoms with Crippen molar-refractivity contribution in [3.63, 3.8) is 0 Å². The van der Waals surface area contributed by atoms with E-state index in [1.165, 1.54) is 15.3 Å². The van der Waals surface area contributed by atoms with Gasteiger partial charge in [-0.3, -0.25) is 0 Å². The average Bonchev–Trinajstić information content (AvgIpc) is 2.86. The minimum absolute atomic E-state index is 0.654. The van der Waals surface area contributed by atoms with Gasteiger partial charge >= 0.3 is 0 Å². The molecule has 0 saturated heterocycles. The summed E-state index contributed by atoms with van der Waals surface area (Å²) in [6, 6.07) is 12.5. The first-order chi connectivity index (χ1) is 8.81. The van der Waals surface area contributed by atoms with Crippen LogP contribution in [0.5, 0.6) is 5.75 Å². The molecule has 2 aromatic rings. The molecule has 2 nitrogen and oxygen atoms in total. The summed E-state index contributed by atoms with van der Waals surface area (Å²) in [5, 5.41) is 0. The van der Waals surface area contributed by atoms with Gasteiger partial charge in [0.05, 0.1) is 0 Å². The highest BCUT2D eigenvalue weighted by atomic mass is 32.1. The second kappa shape index (κ2) is 6.57. The Morgan fingerprint density at radius 2 is 1.78 bits per heavy atom. The van der Waals surface area contributed by atoms with Crippen LogP contribution < -0.4 is 10.5 Å². The predicted octanol–water partition coefficient (Wildman–Crippen LogP) is 3.39. The van der Waals surface area contributed by atoms with Crippen LogP contribution in [0.1, 0.15) is 22.2 Å². The summed E-state index contributed by atoms with van der Waals surface area (Å²) in [6.07, 6.45) is 2.02. The van der Waals surface area contributed by atoms with Gasteiger partial charge in [0.15, 0.2) is 0 Å². The first-order valence-electron chi connectivity index (χ1n) is 6.31. The van der Waals surface area contributed by atoms with Crippen LogP contribution in [0.15, 0.2) is 36.4 Å². The summed E-state index contributed by atoms with van der Waals surface area (Å²) in [5.41, 5.74) is 6.78. The highest BCUT2D eigenvalue weighted by Crippen LogP contribution is 2.20. The van der Waals surface area contributed by atoms with Crippen LogP contribution in [-0.2, 0) is 19.4 Å². The fraction of sp³-hybridized carbons (Fsp3) is 0.333. The molecule has 1 heterocycles. The van der Waals surface area contributed by atoms with Crippen molar-refractivity contribution in [2.24, 2.45) is 5.73 Å². The summed E-state index contributed by atoms with van der Waals surface area (Å²) in [5.74, 6) is 0.919. The Morgan fingerprint density at radius 1 is 1.06 bits per heavy atom. The Hall–Kier alpha value is -1.32. The number of hydrogen-bond donors (Lipinski definition) is 1. The summed E-state index contributed by atoms with van der Waals surface area (Å²) < 4.78 is 5.76. The fourth-order valence-corrected chi connectivity index (χ4v) is 2.63. The number of ether oxygens (including phenoxy) is 1. The van der Waals surface area contributed by atoms with Crippen LogP contribution in [0.3, 0.4) is 0 Å². The number of thiophene rings is 1. The van der Waals surface area contributed by atoms with Gasteiger partial charge < -0.3 is 10.5 Å². The number of benzene rings is 1. The molecule has 2 rings (SSSR count). The van der Waals surface area contributed by atoms with Gasteiger partial charge in [-0.25, -0.2) is 0 Å². The number of rotatable bonds is 6. The molecule has 1 aromatic heterocycles. The zero-order valence-corrected chi connectivity index (χ0v) is 11.5. The van der Waals surface area contributed by atoms with Gasteiger partial charge in [-0.2, -0.15) is 0 Å². The molecule has 0 aliphatic carbocycles. The van der Waals surface area contributed by atoms with Gasteiger partial charge in [0.1, 0.15) is 12.4 Å². The number of nitrogens with two attached hydrogens (primary N) is 1. The Balaban J connectivity index is 1.89. The third kappa shape index (κ3) is 3.59. The highest BCUT2D eigenvalue weighted by Gasteiger charge is 2.00. The number of hydrogen-bond acceptors (Lipinski definition) is 3. The Bertz CT molecular complexity index is 475. The second-order valence-electron chi connectivity index (χ2n) is 4.19. The molecule has 0 fully saturated rings. The summed E-state index contributed by atoms with van der Waals surface area (Å²) >= 11 is 1.82. The van der Waals surface area contributed by atoms with Crippen molar-refractivity contribution in [3.05, 3.63) is 51.7 Å². The zero-order chi connectivity index (χ0) is 12.8. The van der Waals surface area contributed by atoms with Gasteiger partial charge in [0.2, 0.25) is 0 Å². The lowest BCUT2D eigenvalue weighted by Gasteiger charge is -2.05. The monoisotopic (exact) mass is 261 g/mol. The Labute approximate surface area is 112 Å². The van der Waals surface area contributed by atoms with Gasteiger partial charge in [-0.05, 0) is 49.2 Å². The maximum Gasteiger partial charge on any atom is 0.122 e. The average molecular weight is 261 g/mol. The van der Waals surface area contributed by atoms with E-state index >= 15 is 0 Å². The summed E-state index contributed by atoms with van der Waals surface area (Å²) in [4.78, 5) is 2.68. The summed E-state index contributed by atoms with van der Waals surface area (Å²) in [6.45, 7) is 3.52. The molecular weight excluding hydrogens is 242 g/mol. The SMILES string of the molecule is CCc1ccc(COc2ccc(CCN)cc2)s1. The predicted molar refractivity (Wildman–Crippen MR) is 77.2 cm³/mol. The molecule has 0 atom stereocenters. The summed E-state index contributed by atoms with van der Waals surface area (Å²) in [7, 11) is 0. The van der Waals surface area contributed by atoms with Crippen molar-refractivity contribution in [1.82, 2.24) is 0 Å². The lowest BCUT2D eigenvalue weighted by atomic mass is 10.1. The highest BCUT2D eigenvalue weighted by molar-refractivity contribution is 7.11. The minimum Gasteiger partial charge on any atom is -0.488 e. The van der Waals surface area contributed by atoms with E-state index in [-0.39, 0.29) is 0 Å². The van der Waals surface area contributed by atoms with Crippen molar-refractivity contribution in [2.45, 2.75) is 26.4 Å². The first-order valence-corrected chi connectivity index (χ1v) is 7.13. The Morgan fingerprint density at radius 3 is 2.39 bits per heavy atom. The number of aryl methyl sites for hydroxylation is 1. The molecule has 0 spiro atoms. The van der Waals surface area contributed by atoms with Gasteiger partial charge in [-0.15, -0.1) is 11.3 Å². The maximum absolute atomic E-state index is 5.76. The quantitative estimate of drug-likeness (QED) is 0.865. The van der Waals surface area contributed by atoms with E-state index < -0.39 is 0 Å². The lowest BCUT2D eigenvalue weighted by Crippen LogP contribution is -2.02. The van der Waals surface area contributed by atoms with Crippen molar-refractivity contribution < 1.29 is 4.74 Å². The zero-order valence-electron chi connectivity index (χ0n) is 10.7. The molecule has 96 valence electrons. The van der Waals surface area contributed by atoms with Crippen LogP contribution in [0.25, 0.3) is 0 Å². The van der Waals surface area contributed by atoms with Crippen molar-refractivity contribution in [2.75, 3.05) is 6.54 Å². The molecule has 2 N–H and O–H groups in total. The Kier molecular flexibility index (Phi) is 4.79. The van der Waals surface area contributed by atoms with Crippen molar-refractivity contribution in [3.8, 4) is 5.75 Å². The molecule has 0 radical (unpaired) electrons. The molecule has 0 unspecified atom stereocenters. The van der Waals surface area contributed by atoms with Crippen LogP contribution in [0.4, 0.5) is 0 Å². The third-order valence-electron chi connectivity index (χ3n) is 2.80. The maximum atomic E-state index is 5.76. The van der Waals surface area contributed by atoms with Gasteiger partial charge in [-0.1, -0.05) is 19.1 Å². The lowest BCUT2D eigenvalue weighted by molar-refractivity contribution is 0.310. The normalized spacial score (nSPS) is 10.6. The van der Waals surface area contributed by atoms with E-state index in [0.29, 0.717) is 13.2 Å². The van der Waals surface area contributed by atoms with Gasteiger partial charge in [0, 0.05) is 9.75 Å². The molecule has 0 amide bonds. The topological polar surface area (TPSA) is 35.2 Å². The molecule has 18 heavy (non-hydrogen) atoms. The minimum atomic E-state index is 0.654. The van der Waals surface area contributed by atoms with Crippen molar-refractivity contribution in [1.29, 1.82) is 0 Å². The molecule has 1 aromatic carbocycles. The fourth-order valence-electron chi connectivity index (χ4n) is 1.76. The van der Waals surface area contributed by atoms with E-state index in [2.05, 4.69) is 31.2 Å². The molecule has 3 heteroatoms. The molecule has 0 saturated carbocycles. The second-order valence-corrected chi connectivity index (χ2v) is 5.45. The molecule has 0 bridgehead atoms. The smallest absolute Gasteiger partial charge is 0.122 e. The molecular formula is C15H19NOS. The van der Waals surface area contributed by atoms with Crippen LogP contribution in [0, 0.1) is 0 Å². The van der Waals surface area contributed by atoms with E-state index in [4.69, 9.17) is 10.5 Å². The van der Waals surface area contributed by atoms with Crippen LogP contribution in [0.2, 0.25) is 0 Å².